The Labute approximate surface area is 146 Å². The highest BCUT2D eigenvalue weighted by molar-refractivity contribution is 6.33. The van der Waals surface area contributed by atoms with E-state index in [1.165, 1.54) is 0 Å². The SMILES string of the molecule is N#Cc1cccc(Cl)c1N1CCN(C(=O)Cc2ccccc2)CC1. The van der Waals surface area contributed by atoms with Crippen molar-refractivity contribution in [1.82, 2.24) is 4.90 Å². The lowest BCUT2D eigenvalue weighted by Crippen LogP contribution is -2.49. The summed E-state index contributed by atoms with van der Waals surface area (Å²) in [5, 5.41) is 9.86. The largest absolute Gasteiger partial charge is 0.366 e. The van der Waals surface area contributed by atoms with Gasteiger partial charge in [0.1, 0.15) is 6.07 Å². The molecule has 1 aliphatic heterocycles. The molecule has 1 aliphatic rings. The molecular weight excluding hydrogens is 322 g/mol. The summed E-state index contributed by atoms with van der Waals surface area (Å²) < 4.78 is 0. The molecule has 0 N–H and O–H groups in total. The number of nitriles is 1. The van der Waals surface area contributed by atoms with Gasteiger partial charge in [-0.25, -0.2) is 0 Å². The minimum atomic E-state index is 0.139. The average Bonchev–Trinajstić information content (AvgIpc) is 2.62. The minimum absolute atomic E-state index is 0.139. The molecule has 5 heteroatoms. The fourth-order valence-corrected chi connectivity index (χ4v) is 3.28. The van der Waals surface area contributed by atoms with E-state index in [0.717, 1.165) is 11.3 Å². The summed E-state index contributed by atoms with van der Waals surface area (Å²) in [6.45, 7) is 2.64. The zero-order valence-corrected chi connectivity index (χ0v) is 14.0. The number of benzene rings is 2. The lowest BCUT2D eigenvalue weighted by atomic mass is 10.1. The van der Waals surface area contributed by atoms with E-state index in [0.29, 0.717) is 43.2 Å². The minimum Gasteiger partial charge on any atom is -0.366 e. The first-order chi connectivity index (χ1) is 11.7. The second-order valence-corrected chi connectivity index (χ2v) is 6.19. The Kier molecular flexibility index (Phi) is 5.02. The Morgan fingerprint density at radius 1 is 1.04 bits per heavy atom. The molecule has 2 aromatic rings. The molecule has 0 aliphatic carbocycles. The van der Waals surface area contributed by atoms with Gasteiger partial charge in [0.2, 0.25) is 5.91 Å². The highest BCUT2D eigenvalue weighted by Gasteiger charge is 2.24. The standard InChI is InChI=1S/C19H18ClN3O/c20-17-8-4-7-16(14-21)19(17)23-11-9-22(10-12-23)18(24)13-15-5-2-1-3-6-15/h1-8H,9-13H2. The summed E-state index contributed by atoms with van der Waals surface area (Å²) in [6, 6.07) is 17.3. The van der Waals surface area contributed by atoms with Crippen molar-refractivity contribution in [2.75, 3.05) is 31.1 Å². The summed E-state index contributed by atoms with van der Waals surface area (Å²) in [6.07, 6.45) is 0.427. The van der Waals surface area contributed by atoms with Gasteiger partial charge < -0.3 is 9.80 Å². The highest BCUT2D eigenvalue weighted by atomic mass is 35.5. The van der Waals surface area contributed by atoms with Gasteiger partial charge in [-0.15, -0.1) is 0 Å². The zero-order valence-electron chi connectivity index (χ0n) is 13.3. The lowest BCUT2D eigenvalue weighted by molar-refractivity contribution is -0.130. The van der Waals surface area contributed by atoms with Crippen LogP contribution in [0.2, 0.25) is 5.02 Å². The second kappa shape index (κ2) is 7.37. The number of anilines is 1. The Hall–Kier alpha value is -2.51. The third kappa shape index (κ3) is 3.52. The molecule has 4 nitrogen and oxygen atoms in total. The number of carbonyl (C=O) groups excluding carboxylic acids is 1. The smallest absolute Gasteiger partial charge is 0.227 e. The van der Waals surface area contributed by atoms with Crippen molar-refractivity contribution in [2.24, 2.45) is 0 Å². The maximum Gasteiger partial charge on any atom is 0.227 e. The number of nitrogens with zero attached hydrogens (tertiary/aromatic N) is 3. The first-order valence-electron chi connectivity index (χ1n) is 7.94. The van der Waals surface area contributed by atoms with Crippen molar-refractivity contribution in [3.63, 3.8) is 0 Å². The number of para-hydroxylation sites is 1. The molecule has 24 heavy (non-hydrogen) atoms. The van der Waals surface area contributed by atoms with Gasteiger partial charge in [0.15, 0.2) is 0 Å². The van der Waals surface area contributed by atoms with Crippen LogP contribution in [0.3, 0.4) is 0 Å². The van der Waals surface area contributed by atoms with Crippen molar-refractivity contribution < 1.29 is 4.79 Å². The van der Waals surface area contributed by atoms with Crippen LogP contribution < -0.4 is 4.90 Å². The molecule has 3 rings (SSSR count). The Bertz CT molecular complexity index is 762. The van der Waals surface area contributed by atoms with E-state index >= 15 is 0 Å². The van der Waals surface area contributed by atoms with Crippen LogP contribution in [0.25, 0.3) is 0 Å². The summed E-state index contributed by atoms with van der Waals surface area (Å²) >= 11 is 6.27. The van der Waals surface area contributed by atoms with Crippen molar-refractivity contribution in [1.29, 1.82) is 5.26 Å². The maximum absolute atomic E-state index is 12.4. The number of carbonyl (C=O) groups is 1. The summed E-state index contributed by atoms with van der Waals surface area (Å²) in [4.78, 5) is 16.4. The topological polar surface area (TPSA) is 47.3 Å². The van der Waals surface area contributed by atoms with E-state index in [1.54, 1.807) is 18.2 Å². The zero-order chi connectivity index (χ0) is 16.9. The van der Waals surface area contributed by atoms with Crippen LogP contribution in [0.4, 0.5) is 5.69 Å². The van der Waals surface area contributed by atoms with Crippen molar-refractivity contribution in [2.45, 2.75) is 6.42 Å². The quantitative estimate of drug-likeness (QED) is 0.863. The van der Waals surface area contributed by atoms with Gasteiger partial charge in [-0.3, -0.25) is 4.79 Å². The molecular formula is C19H18ClN3O. The predicted octanol–water partition coefficient (Wildman–Crippen LogP) is 3.10. The summed E-state index contributed by atoms with van der Waals surface area (Å²) in [5.74, 6) is 0.139. The molecule has 122 valence electrons. The first kappa shape index (κ1) is 16.4. The summed E-state index contributed by atoms with van der Waals surface area (Å²) in [5.41, 5.74) is 2.38. The number of hydrogen-bond acceptors (Lipinski definition) is 3. The van der Waals surface area contributed by atoms with E-state index in [4.69, 9.17) is 11.6 Å². The normalized spacial score (nSPS) is 14.3. The fraction of sp³-hybridized carbons (Fsp3) is 0.263. The van der Waals surface area contributed by atoms with Gasteiger partial charge in [0, 0.05) is 26.2 Å². The van der Waals surface area contributed by atoms with Gasteiger partial charge in [0.25, 0.3) is 0 Å². The lowest BCUT2D eigenvalue weighted by Gasteiger charge is -2.37. The van der Waals surface area contributed by atoms with E-state index in [9.17, 15) is 10.1 Å². The van der Waals surface area contributed by atoms with E-state index in [2.05, 4.69) is 11.0 Å². The molecule has 0 bridgehead atoms. The van der Waals surface area contributed by atoms with E-state index in [1.807, 2.05) is 35.2 Å². The number of amides is 1. The Balaban J connectivity index is 1.64. The molecule has 0 radical (unpaired) electrons. The molecule has 1 amide bonds. The molecule has 0 aromatic heterocycles. The van der Waals surface area contributed by atoms with Crippen molar-refractivity contribution in [3.05, 3.63) is 64.7 Å². The number of hydrogen-bond donors (Lipinski definition) is 0. The molecule has 0 spiro atoms. The summed E-state index contributed by atoms with van der Waals surface area (Å²) in [7, 11) is 0. The first-order valence-corrected chi connectivity index (χ1v) is 8.32. The fourth-order valence-electron chi connectivity index (χ4n) is 2.99. The number of piperazine rings is 1. The van der Waals surface area contributed by atoms with E-state index < -0.39 is 0 Å². The van der Waals surface area contributed by atoms with Crippen LogP contribution in [0.1, 0.15) is 11.1 Å². The van der Waals surface area contributed by atoms with Crippen LogP contribution in [0.5, 0.6) is 0 Å². The van der Waals surface area contributed by atoms with Gasteiger partial charge in [0.05, 0.1) is 22.7 Å². The average molecular weight is 340 g/mol. The molecule has 1 saturated heterocycles. The van der Waals surface area contributed by atoms with Gasteiger partial charge >= 0.3 is 0 Å². The number of rotatable bonds is 3. The Morgan fingerprint density at radius 3 is 2.42 bits per heavy atom. The monoisotopic (exact) mass is 339 g/mol. The number of halogens is 1. The molecule has 1 heterocycles. The Morgan fingerprint density at radius 2 is 1.75 bits per heavy atom. The third-order valence-corrected chi connectivity index (χ3v) is 4.56. The van der Waals surface area contributed by atoms with Gasteiger partial charge in [-0.1, -0.05) is 48.0 Å². The molecule has 1 fully saturated rings. The molecule has 0 unspecified atom stereocenters. The van der Waals surface area contributed by atoms with Crippen molar-refractivity contribution in [3.8, 4) is 6.07 Å². The van der Waals surface area contributed by atoms with Crippen molar-refractivity contribution >= 4 is 23.2 Å². The van der Waals surface area contributed by atoms with Gasteiger partial charge in [-0.05, 0) is 17.7 Å². The second-order valence-electron chi connectivity index (χ2n) is 5.78. The highest BCUT2D eigenvalue weighted by Crippen LogP contribution is 2.30. The van der Waals surface area contributed by atoms with Crippen LogP contribution in [0.15, 0.2) is 48.5 Å². The molecule has 2 aromatic carbocycles. The van der Waals surface area contributed by atoms with Crippen LogP contribution in [-0.4, -0.2) is 37.0 Å². The maximum atomic E-state index is 12.4. The molecule has 0 atom stereocenters. The van der Waals surface area contributed by atoms with E-state index in [-0.39, 0.29) is 5.91 Å². The predicted molar refractivity (Wildman–Crippen MR) is 95.1 cm³/mol. The van der Waals surface area contributed by atoms with Gasteiger partial charge in [-0.2, -0.15) is 5.26 Å². The van der Waals surface area contributed by atoms with Crippen LogP contribution in [0, 0.1) is 11.3 Å². The third-order valence-electron chi connectivity index (χ3n) is 4.25. The molecule has 0 saturated carbocycles. The van der Waals surface area contributed by atoms with Crippen LogP contribution in [-0.2, 0) is 11.2 Å². The van der Waals surface area contributed by atoms with Crippen LogP contribution >= 0.6 is 11.6 Å².